The molecule has 9 heteroatoms. The number of carbonyl (C=O) groups excluding carboxylic acids is 2. The fraction of sp³-hybridized carbons (Fsp3) is 0.652. The van der Waals surface area contributed by atoms with Gasteiger partial charge < -0.3 is 15.4 Å². The largest absolute Gasteiger partial charge is 0.497 e. The Hall–Kier alpha value is -2.13. The van der Waals surface area contributed by atoms with Crippen molar-refractivity contribution in [3.63, 3.8) is 0 Å². The van der Waals surface area contributed by atoms with Crippen molar-refractivity contribution < 1.29 is 22.7 Å². The molecule has 3 rings (SSSR count). The number of rotatable bonds is 8. The van der Waals surface area contributed by atoms with E-state index in [9.17, 15) is 18.0 Å². The second kappa shape index (κ2) is 10.7. The maximum atomic E-state index is 12.9. The van der Waals surface area contributed by atoms with Crippen molar-refractivity contribution in [2.24, 2.45) is 11.8 Å². The number of amides is 2. The minimum absolute atomic E-state index is 0.0316. The summed E-state index contributed by atoms with van der Waals surface area (Å²) in [4.78, 5) is 25.8. The molecule has 1 atom stereocenters. The van der Waals surface area contributed by atoms with E-state index in [0.717, 1.165) is 25.7 Å². The molecule has 1 aliphatic carbocycles. The summed E-state index contributed by atoms with van der Waals surface area (Å²) in [5.41, 5.74) is 0. The van der Waals surface area contributed by atoms with E-state index in [1.54, 1.807) is 12.1 Å². The highest BCUT2D eigenvalue weighted by atomic mass is 32.2. The van der Waals surface area contributed by atoms with Crippen LogP contribution in [0.4, 0.5) is 0 Å². The van der Waals surface area contributed by atoms with Crippen LogP contribution in [0.3, 0.4) is 0 Å². The van der Waals surface area contributed by atoms with Gasteiger partial charge in [-0.1, -0.05) is 26.7 Å². The van der Waals surface area contributed by atoms with Crippen LogP contribution >= 0.6 is 0 Å². The number of methoxy groups -OCH3 is 1. The first-order valence-corrected chi connectivity index (χ1v) is 12.9. The van der Waals surface area contributed by atoms with Gasteiger partial charge in [-0.05, 0) is 55.9 Å². The minimum atomic E-state index is -3.62. The third-order valence-corrected chi connectivity index (χ3v) is 8.38. The normalized spacial score (nSPS) is 19.6. The van der Waals surface area contributed by atoms with Gasteiger partial charge in [0.15, 0.2) is 0 Å². The molecule has 1 aromatic carbocycles. The topological polar surface area (TPSA) is 105 Å². The number of ether oxygens (including phenoxy) is 1. The van der Waals surface area contributed by atoms with E-state index in [0.29, 0.717) is 18.6 Å². The molecule has 1 saturated heterocycles. The highest BCUT2D eigenvalue weighted by Crippen LogP contribution is 2.25. The second-order valence-corrected chi connectivity index (χ2v) is 11.0. The number of piperidine rings is 1. The lowest BCUT2D eigenvalue weighted by molar-refractivity contribution is -0.133. The standard InChI is InChI=1S/C23H35N3O5S/c1-16(2)21(23(28)24-18-6-4-5-7-18)25-22(27)17-12-14-26(15-13-17)32(29,30)20-10-8-19(31-3)9-11-20/h8-11,16-18,21H,4-7,12-15H2,1-3H3,(H,24,28)(H,25,27)/t21-/m1/s1. The van der Waals surface area contributed by atoms with Gasteiger partial charge in [0.25, 0.3) is 0 Å². The fourth-order valence-electron chi connectivity index (χ4n) is 4.42. The van der Waals surface area contributed by atoms with Crippen LogP contribution in [0.2, 0.25) is 0 Å². The summed E-state index contributed by atoms with van der Waals surface area (Å²) in [6, 6.07) is 5.92. The number of hydrogen-bond donors (Lipinski definition) is 2. The first-order valence-electron chi connectivity index (χ1n) is 11.5. The molecule has 32 heavy (non-hydrogen) atoms. The van der Waals surface area contributed by atoms with E-state index in [1.165, 1.54) is 23.5 Å². The molecular formula is C23H35N3O5S. The molecule has 2 amide bonds. The van der Waals surface area contributed by atoms with Gasteiger partial charge in [-0.3, -0.25) is 9.59 Å². The van der Waals surface area contributed by atoms with E-state index in [1.807, 2.05) is 13.8 Å². The zero-order valence-corrected chi connectivity index (χ0v) is 20.0. The van der Waals surface area contributed by atoms with Crippen LogP contribution in [0.5, 0.6) is 5.75 Å². The summed E-state index contributed by atoms with van der Waals surface area (Å²) in [7, 11) is -2.09. The van der Waals surface area contributed by atoms with Crippen molar-refractivity contribution in [3.05, 3.63) is 24.3 Å². The van der Waals surface area contributed by atoms with Crippen molar-refractivity contribution in [1.29, 1.82) is 0 Å². The molecule has 2 fully saturated rings. The first kappa shape index (κ1) is 24.5. The Morgan fingerprint density at radius 1 is 1.03 bits per heavy atom. The molecule has 2 N–H and O–H groups in total. The van der Waals surface area contributed by atoms with Gasteiger partial charge in [0.2, 0.25) is 21.8 Å². The molecule has 2 aliphatic rings. The molecule has 0 unspecified atom stereocenters. The predicted molar refractivity (Wildman–Crippen MR) is 122 cm³/mol. The lowest BCUT2D eigenvalue weighted by Gasteiger charge is -2.32. The number of nitrogens with zero attached hydrogens (tertiary/aromatic N) is 1. The molecule has 0 aromatic heterocycles. The molecule has 1 aromatic rings. The monoisotopic (exact) mass is 465 g/mol. The lowest BCUT2D eigenvalue weighted by atomic mass is 9.95. The number of hydrogen-bond acceptors (Lipinski definition) is 5. The van der Waals surface area contributed by atoms with E-state index in [2.05, 4.69) is 10.6 Å². The van der Waals surface area contributed by atoms with Crippen LogP contribution in [-0.2, 0) is 19.6 Å². The fourth-order valence-corrected chi connectivity index (χ4v) is 5.89. The Kier molecular flexibility index (Phi) is 8.16. The van der Waals surface area contributed by atoms with Crippen LogP contribution in [-0.4, -0.2) is 56.8 Å². The first-order chi connectivity index (χ1) is 15.2. The molecule has 1 saturated carbocycles. The van der Waals surface area contributed by atoms with Gasteiger partial charge in [-0.25, -0.2) is 8.42 Å². The van der Waals surface area contributed by atoms with Crippen molar-refractivity contribution in [2.75, 3.05) is 20.2 Å². The molecule has 0 bridgehead atoms. The van der Waals surface area contributed by atoms with Crippen LogP contribution < -0.4 is 15.4 Å². The second-order valence-electron chi connectivity index (χ2n) is 9.07. The van der Waals surface area contributed by atoms with Gasteiger partial charge in [-0.15, -0.1) is 0 Å². The predicted octanol–water partition coefficient (Wildman–Crippen LogP) is 2.30. The van der Waals surface area contributed by atoms with Crippen LogP contribution in [0.1, 0.15) is 52.4 Å². The van der Waals surface area contributed by atoms with E-state index in [4.69, 9.17) is 4.74 Å². The molecule has 1 heterocycles. The van der Waals surface area contributed by atoms with Gasteiger partial charge >= 0.3 is 0 Å². The van der Waals surface area contributed by atoms with E-state index in [-0.39, 0.29) is 47.7 Å². The summed E-state index contributed by atoms with van der Waals surface area (Å²) in [6.07, 6.45) is 5.09. The SMILES string of the molecule is COc1ccc(S(=O)(=O)N2CCC(C(=O)N[C@@H](C(=O)NC3CCCC3)C(C)C)CC2)cc1. The average molecular weight is 466 g/mol. The third kappa shape index (κ3) is 5.81. The van der Waals surface area contributed by atoms with Crippen LogP contribution in [0.15, 0.2) is 29.2 Å². The quantitative estimate of drug-likeness (QED) is 0.613. The van der Waals surface area contributed by atoms with E-state index >= 15 is 0 Å². The lowest BCUT2D eigenvalue weighted by Crippen LogP contribution is -2.53. The Morgan fingerprint density at radius 3 is 2.16 bits per heavy atom. The van der Waals surface area contributed by atoms with Gasteiger partial charge in [0, 0.05) is 25.0 Å². The number of nitrogens with one attached hydrogen (secondary N) is 2. The van der Waals surface area contributed by atoms with Gasteiger partial charge in [0.05, 0.1) is 12.0 Å². The maximum absolute atomic E-state index is 12.9. The minimum Gasteiger partial charge on any atom is -0.497 e. The molecule has 1 aliphatic heterocycles. The molecule has 8 nitrogen and oxygen atoms in total. The van der Waals surface area contributed by atoms with Gasteiger partial charge in [-0.2, -0.15) is 4.31 Å². The van der Waals surface area contributed by atoms with Crippen molar-refractivity contribution in [1.82, 2.24) is 14.9 Å². The van der Waals surface area contributed by atoms with Crippen LogP contribution in [0, 0.1) is 11.8 Å². The highest BCUT2D eigenvalue weighted by molar-refractivity contribution is 7.89. The number of carbonyl (C=O) groups is 2. The summed E-state index contributed by atoms with van der Waals surface area (Å²) < 4.78 is 32.3. The summed E-state index contributed by atoms with van der Waals surface area (Å²) >= 11 is 0. The van der Waals surface area contributed by atoms with Crippen molar-refractivity contribution in [2.45, 2.75) is 69.4 Å². The highest BCUT2D eigenvalue weighted by Gasteiger charge is 2.34. The summed E-state index contributed by atoms with van der Waals surface area (Å²) in [5, 5.41) is 6.00. The Bertz CT molecular complexity index is 887. The zero-order chi connectivity index (χ0) is 23.3. The molecule has 0 radical (unpaired) electrons. The summed E-state index contributed by atoms with van der Waals surface area (Å²) in [5.74, 6) is -0.0451. The molecule has 178 valence electrons. The zero-order valence-electron chi connectivity index (χ0n) is 19.2. The number of sulfonamides is 1. The Labute approximate surface area is 191 Å². The smallest absolute Gasteiger partial charge is 0.243 e. The van der Waals surface area contributed by atoms with Gasteiger partial charge in [0.1, 0.15) is 11.8 Å². The molecular weight excluding hydrogens is 430 g/mol. The van der Waals surface area contributed by atoms with Crippen molar-refractivity contribution >= 4 is 21.8 Å². The van der Waals surface area contributed by atoms with Crippen LogP contribution in [0.25, 0.3) is 0 Å². The summed E-state index contributed by atoms with van der Waals surface area (Å²) in [6.45, 7) is 4.38. The Morgan fingerprint density at radius 2 is 1.62 bits per heavy atom. The van der Waals surface area contributed by atoms with E-state index < -0.39 is 16.1 Å². The Balaban J connectivity index is 1.55. The average Bonchev–Trinajstić information content (AvgIpc) is 3.30. The third-order valence-electron chi connectivity index (χ3n) is 6.47. The van der Waals surface area contributed by atoms with Crippen molar-refractivity contribution in [3.8, 4) is 5.75 Å². The maximum Gasteiger partial charge on any atom is 0.243 e. The molecule has 0 spiro atoms. The number of benzene rings is 1.